The zero-order chi connectivity index (χ0) is 18.3. The fourth-order valence-corrected chi connectivity index (χ4v) is 4.62. The molecule has 0 aliphatic heterocycles. The minimum atomic E-state index is 0.0206. The van der Waals surface area contributed by atoms with Crippen LogP contribution in [0.2, 0.25) is 10.0 Å². The Balaban J connectivity index is 2.22. The highest BCUT2D eigenvalue weighted by Crippen LogP contribution is 2.34. The molecular formula is C21H11Cl2IOS. The van der Waals surface area contributed by atoms with E-state index in [1.54, 1.807) is 12.1 Å². The van der Waals surface area contributed by atoms with Gasteiger partial charge in [0.05, 0.1) is 3.57 Å². The van der Waals surface area contributed by atoms with Crippen molar-refractivity contribution in [2.75, 3.05) is 0 Å². The van der Waals surface area contributed by atoms with Gasteiger partial charge in [0.25, 0.3) is 0 Å². The van der Waals surface area contributed by atoms with Gasteiger partial charge in [-0.15, -0.1) is 11.3 Å². The number of halogens is 3. The summed E-state index contributed by atoms with van der Waals surface area (Å²) in [5, 5.41) is 7.78. The van der Waals surface area contributed by atoms with Gasteiger partial charge in [-0.2, -0.15) is 0 Å². The van der Waals surface area contributed by atoms with Crippen LogP contribution in [-0.4, -0.2) is 0 Å². The Kier molecular flexibility index (Phi) is 5.06. The zero-order valence-electron chi connectivity index (χ0n) is 13.3. The van der Waals surface area contributed by atoms with Crippen LogP contribution >= 0.6 is 57.1 Å². The quantitative estimate of drug-likeness (QED) is 0.176. The highest BCUT2D eigenvalue weighted by Gasteiger charge is 2.08. The van der Waals surface area contributed by atoms with Crippen molar-refractivity contribution < 1.29 is 0 Å². The molecule has 1 heterocycles. The predicted octanol–water partition coefficient (Wildman–Crippen LogP) is 7.60. The molecule has 0 unspecified atom stereocenters. The lowest BCUT2D eigenvalue weighted by molar-refractivity contribution is 1.63. The second-order valence-electron chi connectivity index (χ2n) is 5.80. The molecule has 0 aliphatic rings. The van der Waals surface area contributed by atoms with Gasteiger partial charge >= 0.3 is 0 Å². The first-order valence-electron chi connectivity index (χ1n) is 7.80. The van der Waals surface area contributed by atoms with E-state index in [1.165, 1.54) is 11.3 Å². The van der Waals surface area contributed by atoms with Crippen LogP contribution < -0.4 is 5.43 Å². The molecule has 0 amide bonds. The first-order chi connectivity index (χ1) is 12.5. The van der Waals surface area contributed by atoms with Gasteiger partial charge in [-0.3, -0.25) is 4.79 Å². The molecule has 26 heavy (non-hydrogen) atoms. The number of fused-ring (bicyclic) bond motifs is 3. The summed E-state index contributed by atoms with van der Waals surface area (Å²) < 4.78 is 1.60. The van der Waals surface area contributed by atoms with Gasteiger partial charge in [-0.05, 0) is 81.2 Å². The molecule has 1 nitrogen and oxygen atoms in total. The predicted molar refractivity (Wildman–Crippen MR) is 123 cm³/mol. The van der Waals surface area contributed by atoms with E-state index in [9.17, 15) is 4.79 Å². The highest BCUT2D eigenvalue weighted by molar-refractivity contribution is 14.1. The Morgan fingerprint density at radius 3 is 2.08 bits per heavy atom. The zero-order valence-corrected chi connectivity index (χ0v) is 17.8. The van der Waals surface area contributed by atoms with Gasteiger partial charge in [-0.1, -0.05) is 41.4 Å². The summed E-state index contributed by atoms with van der Waals surface area (Å²) in [5.74, 6) is 0. The molecule has 128 valence electrons. The molecule has 1 aromatic heterocycles. The van der Waals surface area contributed by atoms with Crippen LogP contribution in [0.15, 0.2) is 70.8 Å². The largest absolute Gasteiger partial charge is 0.288 e. The van der Waals surface area contributed by atoms with Gasteiger partial charge in [0.15, 0.2) is 0 Å². The summed E-state index contributed by atoms with van der Waals surface area (Å²) in [4.78, 5) is 12.9. The van der Waals surface area contributed by atoms with Crippen molar-refractivity contribution in [3.63, 3.8) is 0 Å². The molecule has 0 saturated heterocycles. The second kappa shape index (κ2) is 7.31. The molecule has 0 bridgehead atoms. The van der Waals surface area contributed by atoms with Crippen LogP contribution in [-0.2, 0) is 0 Å². The van der Waals surface area contributed by atoms with E-state index < -0.39 is 0 Å². The van der Waals surface area contributed by atoms with Gasteiger partial charge in [0, 0.05) is 30.9 Å². The first kappa shape index (κ1) is 18.0. The number of hydrogen-bond acceptors (Lipinski definition) is 2. The first-order valence-corrected chi connectivity index (χ1v) is 10.5. The minimum Gasteiger partial charge on any atom is -0.288 e. The van der Waals surface area contributed by atoms with E-state index in [2.05, 4.69) is 22.6 Å². The van der Waals surface area contributed by atoms with Crippen LogP contribution in [0.4, 0.5) is 0 Å². The molecule has 4 rings (SSSR count). The average molecular weight is 509 g/mol. The third-order valence-electron chi connectivity index (χ3n) is 4.17. The van der Waals surface area contributed by atoms with E-state index in [-0.39, 0.29) is 5.43 Å². The molecule has 0 saturated carbocycles. The summed E-state index contributed by atoms with van der Waals surface area (Å²) in [6.45, 7) is 0. The van der Waals surface area contributed by atoms with Gasteiger partial charge in [0.1, 0.15) is 0 Å². The van der Waals surface area contributed by atoms with Gasteiger partial charge < -0.3 is 0 Å². The van der Waals surface area contributed by atoms with Crippen molar-refractivity contribution in [1.29, 1.82) is 0 Å². The molecule has 0 fully saturated rings. The maximum Gasteiger partial charge on any atom is 0.200 e. The Bertz CT molecular complexity index is 1300. The Morgan fingerprint density at radius 2 is 1.38 bits per heavy atom. The molecule has 0 atom stereocenters. The molecular weight excluding hydrogens is 498 g/mol. The van der Waals surface area contributed by atoms with Crippen molar-refractivity contribution in [3.05, 3.63) is 89.9 Å². The maximum atomic E-state index is 12.9. The topological polar surface area (TPSA) is 17.1 Å². The highest BCUT2D eigenvalue weighted by atomic mass is 127. The maximum absolute atomic E-state index is 12.9. The van der Waals surface area contributed by atoms with Gasteiger partial charge in [-0.25, -0.2) is 0 Å². The Morgan fingerprint density at radius 1 is 0.769 bits per heavy atom. The Labute approximate surface area is 177 Å². The summed E-state index contributed by atoms with van der Waals surface area (Å²) in [6, 6.07) is 19.2. The van der Waals surface area contributed by atoms with E-state index >= 15 is 0 Å². The second-order valence-corrected chi connectivity index (χ2v) is 8.72. The monoisotopic (exact) mass is 508 g/mol. The van der Waals surface area contributed by atoms with Crippen LogP contribution in [0.25, 0.3) is 31.6 Å². The lowest BCUT2D eigenvalue weighted by Crippen LogP contribution is -2.01. The molecule has 0 aliphatic carbocycles. The fraction of sp³-hybridized carbons (Fsp3) is 0. The smallest absolute Gasteiger partial charge is 0.200 e. The normalized spacial score (nSPS) is 11.0. The van der Waals surface area contributed by atoms with Gasteiger partial charge in [0.2, 0.25) is 5.43 Å². The standard InChI is InChI=1S/C21H11Cl2IOS/c22-17-5-6-18(23)15-9-13-11-20-16(10-12(13)8-14(15)17)21(25)19(24)4-2-1-3-7-26-20/h1-11H. The van der Waals surface area contributed by atoms with Crippen LogP contribution in [0.5, 0.6) is 0 Å². The summed E-state index contributed by atoms with van der Waals surface area (Å²) in [6.07, 6.45) is 0. The molecule has 0 spiro atoms. The molecule has 4 aromatic rings. The number of rotatable bonds is 0. The van der Waals surface area contributed by atoms with Crippen molar-refractivity contribution in [3.8, 4) is 0 Å². The summed E-state index contributed by atoms with van der Waals surface area (Å²) >= 11 is 16.3. The summed E-state index contributed by atoms with van der Waals surface area (Å²) in [7, 11) is 0. The Hall–Kier alpha value is -1.40. The van der Waals surface area contributed by atoms with Crippen molar-refractivity contribution in [1.82, 2.24) is 0 Å². The van der Waals surface area contributed by atoms with Crippen molar-refractivity contribution >= 4 is 88.8 Å². The summed E-state index contributed by atoms with van der Waals surface area (Å²) in [5.41, 5.74) is 0.0206. The van der Waals surface area contributed by atoms with E-state index in [0.717, 1.165) is 26.2 Å². The minimum absolute atomic E-state index is 0.0206. The average Bonchev–Trinajstić information content (AvgIpc) is 2.64. The third kappa shape index (κ3) is 3.29. The van der Waals surface area contributed by atoms with E-state index in [1.807, 2.05) is 53.9 Å². The molecule has 0 radical (unpaired) electrons. The van der Waals surface area contributed by atoms with Crippen molar-refractivity contribution in [2.24, 2.45) is 0 Å². The van der Waals surface area contributed by atoms with E-state index in [0.29, 0.717) is 19.0 Å². The van der Waals surface area contributed by atoms with Crippen LogP contribution in [0.1, 0.15) is 0 Å². The molecule has 5 heteroatoms. The van der Waals surface area contributed by atoms with Crippen LogP contribution in [0, 0.1) is 3.57 Å². The lowest BCUT2D eigenvalue weighted by Gasteiger charge is -2.07. The molecule has 0 N–H and O–H groups in total. The molecule has 3 aromatic carbocycles. The van der Waals surface area contributed by atoms with E-state index in [4.69, 9.17) is 23.2 Å². The number of hydrogen-bond donors (Lipinski definition) is 0. The lowest BCUT2D eigenvalue weighted by atomic mass is 10.0. The van der Waals surface area contributed by atoms with Crippen LogP contribution in [0.3, 0.4) is 0 Å². The fourth-order valence-electron chi connectivity index (χ4n) is 2.89. The third-order valence-corrected chi connectivity index (χ3v) is 6.56. The SMILES string of the molecule is O=c1c(I)cccccsc2cc3cc4c(Cl)ccc(Cl)c4cc3cc12. The van der Waals surface area contributed by atoms with Crippen molar-refractivity contribution in [2.45, 2.75) is 0 Å². The number of benzene rings is 3.